The van der Waals surface area contributed by atoms with Crippen LogP contribution in [0.5, 0.6) is 0 Å². The van der Waals surface area contributed by atoms with Gasteiger partial charge in [0.25, 0.3) is 6.43 Å². The van der Waals surface area contributed by atoms with E-state index in [2.05, 4.69) is 15.3 Å². The van der Waals surface area contributed by atoms with Crippen molar-refractivity contribution < 1.29 is 8.78 Å². The van der Waals surface area contributed by atoms with Crippen molar-refractivity contribution in [3.05, 3.63) is 18.1 Å². The molecule has 1 saturated heterocycles. The minimum atomic E-state index is -2.22. The zero-order valence-electron chi connectivity index (χ0n) is 11.1. The molecule has 4 nitrogen and oxygen atoms in total. The molecule has 19 heavy (non-hydrogen) atoms. The highest BCUT2D eigenvalue weighted by molar-refractivity contribution is 5.32. The van der Waals surface area contributed by atoms with Crippen LogP contribution in [0.1, 0.15) is 18.7 Å². The summed E-state index contributed by atoms with van der Waals surface area (Å²) >= 11 is 0. The molecule has 0 spiro atoms. The number of rotatable bonds is 5. The third kappa shape index (κ3) is 4.70. The van der Waals surface area contributed by atoms with Crippen LogP contribution in [0.25, 0.3) is 0 Å². The topological polar surface area (TPSA) is 41.1 Å². The van der Waals surface area contributed by atoms with E-state index in [-0.39, 0.29) is 6.54 Å². The summed E-state index contributed by atoms with van der Waals surface area (Å²) in [6, 6.07) is 1.85. The number of nitrogens with zero attached hydrogens (tertiary/aromatic N) is 3. The summed E-state index contributed by atoms with van der Waals surface area (Å²) in [5, 5.41) is 3.29. The molecule has 1 fully saturated rings. The number of likely N-dealkylation sites (tertiary alicyclic amines) is 1. The van der Waals surface area contributed by atoms with Gasteiger partial charge in [-0.15, -0.1) is 0 Å². The van der Waals surface area contributed by atoms with E-state index in [0.29, 0.717) is 5.92 Å². The molecule has 1 aromatic rings. The molecule has 6 heteroatoms. The fourth-order valence-electron chi connectivity index (χ4n) is 2.37. The number of nitrogens with one attached hydrogen (secondary N) is 1. The normalized spacial score (nSPS) is 17.9. The predicted octanol–water partition coefficient (Wildman–Crippen LogP) is 2.17. The summed E-state index contributed by atoms with van der Waals surface area (Å²) in [6.07, 6.45) is 1.43. The van der Waals surface area contributed by atoms with E-state index >= 15 is 0 Å². The molecule has 2 rings (SSSR count). The van der Waals surface area contributed by atoms with E-state index in [1.807, 2.05) is 17.9 Å². The third-order valence-corrected chi connectivity index (χ3v) is 3.45. The van der Waals surface area contributed by atoms with Gasteiger partial charge in [-0.25, -0.2) is 18.7 Å². The SMILES string of the molecule is Cc1nccc(NCC2CCN(CC(F)F)CC2)n1. The number of anilines is 1. The summed E-state index contributed by atoms with van der Waals surface area (Å²) < 4.78 is 24.5. The maximum atomic E-state index is 12.3. The van der Waals surface area contributed by atoms with Crippen molar-refractivity contribution in [1.29, 1.82) is 0 Å². The Morgan fingerprint density at radius 1 is 1.42 bits per heavy atom. The Labute approximate surface area is 112 Å². The molecule has 1 aliphatic heterocycles. The molecule has 106 valence electrons. The van der Waals surface area contributed by atoms with Gasteiger partial charge in [-0.3, -0.25) is 4.90 Å². The number of hydrogen-bond acceptors (Lipinski definition) is 4. The van der Waals surface area contributed by atoms with Crippen LogP contribution in [0.2, 0.25) is 0 Å². The molecule has 0 atom stereocenters. The number of alkyl halides is 2. The van der Waals surface area contributed by atoms with E-state index in [0.717, 1.165) is 44.1 Å². The third-order valence-electron chi connectivity index (χ3n) is 3.45. The second-order valence-electron chi connectivity index (χ2n) is 5.01. The number of aryl methyl sites for hydroxylation is 1. The highest BCUT2D eigenvalue weighted by atomic mass is 19.3. The quantitative estimate of drug-likeness (QED) is 0.890. The van der Waals surface area contributed by atoms with Gasteiger partial charge < -0.3 is 5.32 Å². The monoisotopic (exact) mass is 270 g/mol. The lowest BCUT2D eigenvalue weighted by Gasteiger charge is -2.31. The van der Waals surface area contributed by atoms with E-state index in [1.165, 1.54) is 0 Å². The fourth-order valence-corrected chi connectivity index (χ4v) is 2.37. The molecule has 0 bridgehead atoms. The zero-order chi connectivity index (χ0) is 13.7. The van der Waals surface area contributed by atoms with Crippen LogP contribution >= 0.6 is 0 Å². The molecule has 0 unspecified atom stereocenters. The van der Waals surface area contributed by atoms with Crippen LogP contribution in [-0.2, 0) is 0 Å². The molecule has 0 radical (unpaired) electrons. The van der Waals surface area contributed by atoms with Crippen molar-refractivity contribution in [3.8, 4) is 0 Å². The largest absolute Gasteiger partial charge is 0.370 e. The molecule has 1 aromatic heterocycles. The first-order valence-corrected chi connectivity index (χ1v) is 6.67. The molecular weight excluding hydrogens is 250 g/mol. The maximum absolute atomic E-state index is 12.3. The van der Waals surface area contributed by atoms with Crippen LogP contribution in [-0.4, -0.2) is 47.5 Å². The first-order chi connectivity index (χ1) is 9.13. The van der Waals surface area contributed by atoms with Gasteiger partial charge in [-0.1, -0.05) is 0 Å². The minimum Gasteiger partial charge on any atom is -0.370 e. The van der Waals surface area contributed by atoms with Crippen molar-refractivity contribution >= 4 is 5.82 Å². The van der Waals surface area contributed by atoms with Gasteiger partial charge in [0.15, 0.2) is 0 Å². The molecule has 0 aliphatic carbocycles. The van der Waals surface area contributed by atoms with Crippen molar-refractivity contribution in [2.75, 3.05) is 31.5 Å². The molecule has 0 amide bonds. The second kappa shape index (κ2) is 6.75. The van der Waals surface area contributed by atoms with Gasteiger partial charge in [-0.05, 0) is 44.8 Å². The Balaban J connectivity index is 1.71. The van der Waals surface area contributed by atoms with E-state index in [9.17, 15) is 8.78 Å². The standard InChI is InChI=1S/C13H20F2N4/c1-10-16-5-2-13(18-10)17-8-11-3-6-19(7-4-11)9-12(14)15/h2,5,11-12H,3-4,6-9H2,1H3,(H,16,17,18). The van der Waals surface area contributed by atoms with E-state index < -0.39 is 6.43 Å². The zero-order valence-corrected chi connectivity index (χ0v) is 11.1. The van der Waals surface area contributed by atoms with Gasteiger partial charge in [0, 0.05) is 12.7 Å². The predicted molar refractivity (Wildman–Crippen MR) is 70.4 cm³/mol. The molecule has 0 aromatic carbocycles. The van der Waals surface area contributed by atoms with E-state index in [1.54, 1.807) is 6.20 Å². The Hall–Kier alpha value is -1.30. The summed E-state index contributed by atoms with van der Waals surface area (Å²) in [7, 11) is 0. The number of aromatic nitrogens is 2. The molecule has 2 heterocycles. The van der Waals surface area contributed by atoms with Crippen LogP contribution in [0.3, 0.4) is 0 Å². The summed E-state index contributed by atoms with van der Waals surface area (Å²) in [5.74, 6) is 2.11. The first-order valence-electron chi connectivity index (χ1n) is 6.67. The average molecular weight is 270 g/mol. The smallest absolute Gasteiger partial charge is 0.251 e. The van der Waals surface area contributed by atoms with Crippen molar-refractivity contribution in [2.24, 2.45) is 5.92 Å². The Kier molecular flexibility index (Phi) is 5.01. The summed E-state index contributed by atoms with van der Waals surface area (Å²) in [6.45, 7) is 4.14. The van der Waals surface area contributed by atoms with Crippen molar-refractivity contribution in [2.45, 2.75) is 26.2 Å². The molecule has 1 aliphatic rings. The van der Waals surface area contributed by atoms with Crippen molar-refractivity contribution in [1.82, 2.24) is 14.9 Å². The fraction of sp³-hybridized carbons (Fsp3) is 0.692. The Bertz CT molecular complexity index is 392. The Morgan fingerprint density at radius 2 is 2.16 bits per heavy atom. The van der Waals surface area contributed by atoms with Gasteiger partial charge in [-0.2, -0.15) is 0 Å². The van der Waals surface area contributed by atoms with Crippen LogP contribution in [0, 0.1) is 12.8 Å². The molecule has 1 N–H and O–H groups in total. The van der Waals surface area contributed by atoms with Crippen LogP contribution in [0.15, 0.2) is 12.3 Å². The average Bonchev–Trinajstić information content (AvgIpc) is 2.37. The van der Waals surface area contributed by atoms with Crippen LogP contribution in [0.4, 0.5) is 14.6 Å². The lowest BCUT2D eigenvalue weighted by Crippen LogP contribution is -2.38. The van der Waals surface area contributed by atoms with Crippen LogP contribution < -0.4 is 5.32 Å². The van der Waals surface area contributed by atoms with E-state index in [4.69, 9.17) is 0 Å². The van der Waals surface area contributed by atoms with Gasteiger partial charge in [0.2, 0.25) is 0 Å². The highest BCUT2D eigenvalue weighted by Gasteiger charge is 2.21. The molecular formula is C13H20F2N4. The number of hydrogen-bond donors (Lipinski definition) is 1. The second-order valence-corrected chi connectivity index (χ2v) is 5.01. The highest BCUT2D eigenvalue weighted by Crippen LogP contribution is 2.18. The minimum absolute atomic E-state index is 0.0920. The summed E-state index contributed by atoms with van der Waals surface area (Å²) in [5.41, 5.74) is 0. The Morgan fingerprint density at radius 3 is 2.79 bits per heavy atom. The lowest BCUT2D eigenvalue weighted by molar-refractivity contribution is 0.0703. The van der Waals surface area contributed by atoms with Gasteiger partial charge >= 0.3 is 0 Å². The first kappa shape index (κ1) is 14.1. The van der Waals surface area contributed by atoms with Crippen molar-refractivity contribution in [3.63, 3.8) is 0 Å². The summed E-state index contributed by atoms with van der Waals surface area (Å²) in [4.78, 5) is 10.2. The number of piperidine rings is 1. The molecule has 0 saturated carbocycles. The maximum Gasteiger partial charge on any atom is 0.251 e. The number of halogens is 2. The lowest BCUT2D eigenvalue weighted by atomic mass is 9.97. The van der Waals surface area contributed by atoms with Gasteiger partial charge in [0.1, 0.15) is 11.6 Å². The van der Waals surface area contributed by atoms with Gasteiger partial charge in [0.05, 0.1) is 6.54 Å².